The lowest BCUT2D eigenvalue weighted by Crippen LogP contribution is -2.44. The monoisotopic (exact) mass is 502 g/mol. The average Bonchev–Trinajstić information content (AvgIpc) is 3.74. The van der Waals surface area contributed by atoms with Crippen LogP contribution in [-0.2, 0) is 0 Å². The lowest BCUT2D eigenvalue weighted by atomic mass is 9.99. The summed E-state index contributed by atoms with van der Waals surface area (Å²) in [7, 11) is 0. The molecule has 2 aromatic carbocycles. The molecule has 1 saturated carbocycles. The first-order valence-electron chi connectivity index (χ1n) is 12.0. The van der Waals surface area contributed by atoms with Crippen LogP contribution in [0.15, 0.2) is 55.0 Å². The molecule has 0 amide bonds. The first-order valence-corrected chi connectivity index (χ1v) is 12.4. The zero-order chi connectivity index (χ0) is 24.6. The van der Waals surface area contributed by atoms with Gasteiger partial charge in [0.25, 0.3) is 0 Å². The zero-order valence-corrected chi connectivity index (χ0v) is 20.2. The highest BCUT2D eigenvalue weighted by Crippen LogP contribution is 2.38. The maximum absolute atomic E-state index is 14.1. The predicted molar refractivity (Wildman–Crippen MR) is 140 cm³/mol. The maximum Gasteiger partial charge on any atom is 0.225 e. The molecule has 2 aromatic heterocycles. The van der Waals surface area contributed by atoms with Gasteiger partial charge < -0.3 is 15.5 Å². The molecule has 9 heteroatoms. The molecule has 0 radical (unpaired) electrons. The van der Waals surface area contributed by atoms with Gasteiger partial charge in [0.2, 0.25) is 5.95 Å². The van der Waals surface area contributed by atoms with Crippen molar-refractivity contribution in [1.82, 2.24) is 20.3 Å². The first kappa shape index (κ1) is 22.8. The van der Waals surface area contributed by atoms with E-state index in [1.165, 1.54) is 12.1 Å². The molecule has 2 aliphatic rings. The van der Waals surface area contributed by atoms with E-state index >= 15 is 0 Å². The van der Waals surface area contributed by atoms with E-state index in [-0.39, 0.29) is 11.7 Å². The van der Waals surface area contributed by atoms with E-state index in [0.29, 0.717) is 33.5 Å². The van der Waals surface area contributed by atoms with Crippen LogP contribution in [0.1, 0.15) is 23.2 Å². The van der Waals surface area contributed by atoms with E-state index in [0.717, 1.165) is 55.5 Å². The number of carbonyl (C=O) groups excluding carboxylic acids is 1. The van der Waals surface area contributed by atoms with Gasteiger partial charge in [-0.15, -0.1) is 0 Å². The lowest BCUT2D eigenvalue weighted by Gasteiger charge is -2.27. The van der Waals surface area contributed by atoms with E-state index in [2.05, 4.69) is 30.5 Å². The lowest BCUT2D eigenvalue weighted by molar-refractivity contribution is 0.0968. The van der Waals surface area contributed by atoms with Crippen LogP contribution in [0, 0.1) is 11.7 Å². The van der Waals surface area contributed by atoms with Gasteiger partial charge in [0.05, 0.1) is 34.8 Å². The van der Waals surface area contributed by atoms with Crippen molar-refractivity contribution in [2.45, 2.75) is 12.8 Å². The fourth-order valence-electron chi connectivity index (χ4n) is 4.54. The number of anilines is 3. The molecule has 0 atom stereocenters. The minimum absolute atomic E-state index is 0.0290. The van der Waals surface area contributed by atoms with Gasteiger partial charge in [-0.25, -0.2) is 14.4 Å². The highest BCUT2D eigenvalue weighted by molar-refractivity contribution is 6.30. The number of halogens is 2. The standard InChI is InChI=1S/C27H24ClFN6O/c28-19-9-18(10-20(29)12-19)17-3-4-24-22(11-17)25(23(15-31-24)26(36)16-1-2-16)34-21-13-32-27(33-14-21)35-7-5-30-6-8-35/h3-4,9-16,30H,1-2,5-8H2,(H,31,34). The Morgan fingerprint density at radius 3 is 2.50 bits per heavy atom. The number of nitrogens with zero attached hydrogens (tertiary/aromatic N) is 4. The molecule has 1 aliphatic heterocycles. The van der Waals surface area contributed by atoms with Crippen molar-refractivity contribution in [3.63, 3.8) is 0 Å². The molecule has 0 bridgehead atoms. The summed E-state index contributed by atoms with van der Waals surface area (Å²) >= 11 is 6.10. The van der Waals surface area contributed by atoms with Crippen molar-refractivity contribution >= 4 is 45.6 Å². The number of carbonyl (C=O) groups is 1. The maximum atomic E-state index is 14.1. The SMILES string of the molecule is O=C(c1cnc2ccc(-c3cc(F)cc(Cl)c3)cc2c1Nc1cnc(N2CCNCC2)nc1)C1CC1. The Hall–Kier alpha value is -3.62. The number of nitrogens with one attached hydrogen (secondary N) is 2. The third-order valence-electron chi connectivity index (χ3n) is 6.58. The molecule has 0 spiro atoms. The third kappa shape index (κ3) is 4.62. The summed E-state index contributed by atoms with van der Waals surface area (Å²) in [4.78, 5) is 29.0. The Bertz CT molecular complexity index is 1430. The summed E-state index contributed by atoms with van der Waals surface area (Å²) < 4.78 is 14.1. The van der Waals surface area contributed by atoms with Crippen LogP contribution in [0.5, 0.6) is 0 Å². The Morgan fingerprint density at radius 2 is 1.78 bits per heavy atom. The molecular weight excluding hydrogens is 479 g/mol. The second-order valence-electron chi connectivity index (χ2n) is 9.21. The van der Waals surface area contributed by atoms with Crippen molar-refractivity contribution in [3.8, 4) is 11.1 Å². The highest BCUT2D eigenvalue weighted by atomic mass is 35.5. The van der Waals surface area contributed by atoms with Gasteiger partial charge in [-0.3, -0.25) is 9.78 Å². The molecule has 4 aromatic rings. The van der Waals surface area contributed by atoms with Crippen molar-refractivity contribution in [1.29, 1.82) is 0 Å². The number of ketones is 1. The summed E-state index contributed by atoms with van der Waals surface area (Å²) in [6, 6.07) is 10.1. The third-order valence-corrected chi connectivity index (χ3v) is 6.80. The van der Waals surface area contributed by atoms with Gasteiger partial charge in [-0.05, 0) is 54.3 Å². The van der Waals surface area contributed by atoms with Crippen LogP contribution in [0.2, 0.25) is 5.02 Å². The number of hydrogen-bond donors (Lipinski definition) is 2. The number of hydrogen-bond acceptors (Lipinski definition) is 7. The van der Waals surface area contributed by atoms with Gasteiger partial charge in [0.15, 0.2) is 5.78 Å². The summed E-state index contributed by atoms with van der Waals surface area (Å²) in [5.74, 6) is 0.375. The predicted octanol–water partition coefficient (Wildman–Crippen LogP) is 5.23. The van der Waals surface area contributed by atoms with Gasteiger partial charge in [-0.2, -0.15) is 0 Å². The van der Waals surface area contributed by atoms with E-state index in [1.807, 2.05) is 18.2 Å². The molecule has 6 rings (SSSR count). The van der Waals surface area contributed by atoms with Crippen LogP contribution in [0.25, 0.3) is 22.0 Å². The molecule has 36 heavy (non-hydrogen) atoms. The second-order valence-corrected chi connectivity index (χ2v) is 9.65. The first-order chi connectivity index (χ1) is 17.5. The average molecular weight is 503 g/mol. The number of benzene rings is 2. The summed E-state index contributed by atoms with van der Waals surface area (Å²) in [5.41, 5.74) is 4.00. The van der Waals surface area contributed by atoms with Gasteiger partial charge >= 0.3 is 0 Å². The fourth-order valence-corrected chi connectivity index (χ4v) is 4.76. The van der Waals surface area contributed by atoms with Crippen molar-refractivity contribution < 1.29 is 9.18 Å². The van der Waals surface area contributed by atoms with Gasteiger partial charge in [0, 0.05) is 48.7 Å². The number of fused-ring (bicyclic) bond motifs is 1. The minimum atomic E-state index is -0.409. The minimum Gasteiger partial charge on any atom is -0.352 e. The number of pyridine rings is 1. The molecule has 0 unspecified atom stereocenters. The smallest absolute Gasteiger partial charge is 0.225 e. The quantitative estimate of drug-likeness (QED) is 0.349. The Kier molecular flexibility index (Phi) is 5.99. The molecule has 2 N–H and O–H groups in total. The van der Waals surface area contributed by atoms with Crippen molar-refractivity contribution in [2.24, 2.45) is 5.92 Å². The van der Waals surface area contributed by atoms with E-state index in [4.69, 9.17) is 11.6 Å². The Balaban J connectivity index is 1.42. The summed E-state index contributed by atoms with van der Waals surface area (Å²) in [6.07, 6.45) is 6.89. The van der Waals surface area contributed by atoms with Crippen LogP contribution in [0.3, 0.4) is 0 Å². The van der Waals surface area contributed by atoms with Crippen molar-refractivity contribution in [3.05, 3.63) is 71.4 Å². The number of aromatic nitrogens is 3. The van der Waals surface area contributed by atoms with Crippen LogP contribution in [0.4, 0.5) is 21.7 Å². The number of piperazine rings is 1. The number of Topliss-reactive ketones (excluding diaryl/α,β-unsaturated/α-hetero) is 1. The second kappa shape index (κ2) is 9.44. The van der Waals surface area contributed by atoms with Gasteiger partial charge in [-0.1, -0.05) is 17.7 Å². The van der Waals surface area contributed by atoms with E-state index < -0.39 is 5.82 Å². The molecule has 3 heterocycles. The molecule has 1 saturated heterocycles. The Labute approximate surface area is 212 Å². The summed E-state index contributed by atoms with van der Waals surface area (Å²) in [5, 5.41) is 7.79. The largest absolute Gasteiger partial charge is 0.352 e. The topological polar surface area (TPSA) is 83.0 Å². The molecule has 182 valence electrons. The van der Waals surface area contributed by atoms with Crippen LogP contribution < -0.4 is 15.5 Å². The fraction of sp³-hybridized carbons (Fsp3) is 0.259. The molecule has 1 aliphatic carbocycles. The highest BCUT2D eigenvalue weighted by Gasteiger charge is 2.32. The molecular formula is C27H24ClFN6O. The van der Waals surface area contributed by atoms with Crippen LogP contribution in [-0.4, -0.2) is 46.9 Å². The Morgan fingerprint density at radius 1 is 1.00 bits per heavy atom. The number of rotatable bonds is 6. The van der Waals surface area contributed by atoms with Gasteiger partial charge in [0.1, 0.15) is 5.82 Å². The van der Waals surface area contributed by atoms with Crippen molar-refractivity contribution in [2.75, 3.05) is 36.4 Å². The molecule has 2 fully saturated rings. The molecule has 7 nitrogen and oxygen atoms in total. The van der Waals surface area contributed by atoms with E-state index in [9.17, 15) is 9.18 Å². The zero-order valence-electron chi connectivity index (χ0n) is 19.5. The normalized spacial score (nSPS) is 15.8. The van der Waals surface area contributed by atoms with E-state index in [1.54, 1.807) is 24.7 Å². The summed E-state index contributed by atoms with van der Waals surface area (Å²) in [6.45, 7) is 3.51. The van der Waals surface area contributed by atoms with Crippen LogP contribution >= 0.6 is 11.6 Å².